The lowest BCUT2D eigenvalue weighted by Gasteiger charge is -1.99. The van der Waals surface area contributed by atoms with Gasteiger partial charge in [0.25, 0.3) is 0 Å². The van der Waals surface area contributed by atoms with Crippen molar-refractivity contribution in [2.75, 3.05) is 7.05 Å². The minimum atomic E-state index is -0.225. The number of halogens is 2. The van der Waals surface area contributed by atoms with Crippen LogP contribution in [-0.4, -0.2) is 7.05 Å². The molecule has 60 valence electrons. The molecule has 0 heterocycles. The fourth-order valence-corrected chi connectivity index (χ4v) is 1.92. The molecular formula is C7H7BrFNS. The van der Waals surface area contributed by atoms with E-state index in [1.807, 2.05) is 6.07 Å². The van der Waals surface area contributed by atoms with Crippen molar-refractivity contribution in [3.05, 3.63) is 28.5 Å². The van der Waals surface area contributed by atoms with Gasteiger partial charge in [0, 0.05) is 9.37 Å². The van der Waals surface area contributed by atoms with Crippen molar-refractivity contribution in [1.82, 2.24) is 4.72 Å². The lowest BCUT2D eigenvalue weighted by Crippen LogP contribution is -1.90. The Hall–Kier alpha value is -0.0600. The third-order valence-corrected chi connectivity index (χ3v) is 2.19. The molecule has 0 aliphatic heterocycles. The van der Waals surface area contributed by atoms with Gasteiger partial charge in [-0.3, -0.25) is 4.72 Å². The second-order valence-electron chi connectivity index (χ2n) is 1.91. The molecule has 0 aromatic heterocycles. The van der Waals surface area contributed by atoms with Crippen LogP contribution >= 0.6 is 27.9 Å². The Bertz CT molecular complexity index is 234. The molecule has 0 radical (unpaired) electrons. The van der Waals surface area contributed by atoms with E-state index in [0.29, 0.717) is 0 Å². The summed E-state index contributed by atoms with van der Waals surface area (Å²) in [6.45, 7) is 0. The summed E-state index contributed by atoms with van der Waals surface area (Å²) in [6.07, 6.45) is 0. The van der Waals surface area contributed by atoms with Crippen LogP contribution < -0.4 is 4.72 Å². The maximum absolute atomic E-state index is 12.7. The summed E-state index contributed by atoms with van der Waals surface area (Å²) in [5.41, 5.74) is 0. The van der Waals surface area contributed by atoms with E-state index >= 15 is 0 Å². The van der Waals surface area contributed by atoms with Gasteiger partial charge in [-0.05, 0) is 37.2 Å². The maximum atomic E-state index is 12.7. The highest BCUT2D eigenvalue weighted by Gasteiger charge is 1.97. The van der Waals surface area contributed by atoms with Crippen LogP contribution in [0.1, 0.15) is 0 Å². The number of hydrogen-bond acceptors (Lipinski definition) is 2. The average Bonchev–Trinajstić information content (AvgIpc) is 1.85. The molecule has 0 amide bonds. The zero-order chi connectivity index (χ0) is 8.27. The van der Waals surface area contributed by atoms with Gasteiger partial charge in [0.1, 0.15) is 5.82 Å². The molecular weight excluding hydrogens is 229 g/mol. The standard InChI is InChI=1S/C7H7BrFNS/c1-10-11-7-3-5(8)2-6(9)4-7/h2-4,10H,1H3. The van der Waals surface area contributed by atoms with Gasteiger partial charge in [-0.2, -0.15) is 0 Å². The predicted octanol–water partition coefficient (Wildman–Crippen LogP) is 2.81. The van der Waals surface area contributed by atoms with Gasteiger partial charge in [-0.25, -0.2) is 4.39 Å². The number of benzene rings is 1. The lowest BCUT2D eigenvalue weighted by atomic mass is 10.3. The number of rotatable bonds is 2. The van der Waals surface area contributed by atoms with Crippen molar-refractivity contribution in [1.29, 1.82) is 0 Å². The Morgan fingerprint density at radius 2 is 2.18 bits per heavy atom. The topological polar surface area (TPSA) is 12.0 Å². The van der Waals surface area contributed by atoms with Gasteiger partial charge in [0.2, 0.25) is 0 Å². The fraction of sp³-hybridized carbons (Fsp3) is 0.143. The van der Waals surface area contributed by atoms with Crippen molar-refractivity contribution < 1.29 is 4.39 Å². The van der Waals surface area contributed by atoms with Crippen LogP contribution in [0.4, 0.5) is 4.39 Å². The van der Waals surface area contributed by atoms with Gasteiger partial charge in [0.15, 0.2) is 0 Å². The van der Waals surface area contributed by atoms with E-state index in [-0.39, 0.29) is 5.82 Å². The van der Waals surface area contributed by atoms with E-state index in [9.17, 15) is 4.39 Å². The van der Waals surface area contributed by atoms with Crippen LogP contribution in [0, 0.1) is 5.82 Å². The first-order valence-corrected chi connectivity index (χ1v) is 4.63. The molecule has 4 heteroatoms. The average molecular weight is 236 g/mol. The molecule has 1 rings (SSSR count). The maximum Gasteiger partial charge on any atom is 0.125 e. The second kappa shape index (κ2) is 4.09. The Morgan fingerprint density at radius 1 is 1.45 bits per heavy atom. The van der Waals surface area contributed by atoms with E-state index in [1.165, 1.54) is 24.1 Å². The van der Waals surface area contributed by atoms with Crippen LogP contribution in [0.25, 0.3) is 0 Å². The van der Waals surface area contributed by atoms with E-state index in [1.54, 1.807) is 7.05 Å². The Labute approximate surface area is 77.6 Å². The molecule has 0 saturated carbocycles. The monoisotopic (exact) mass is 235 g/mol. The first-order valence-electron chi connectivity index (χ1n) is 3.02. The molecule has 1 aromatic carbocycles. The molecule has 0 unspecified atom stereocenters. The zero-order valence-corrected chi connectivity index (χ0v) is 8.30. The minimum absolute atomic E-state index is 0.225. The first kappa shape index (κ1) is 9.03. The summed E-state index contributed by atoms with van der Waals surface area (Å²) in [7, 11) is 1.80. The molecule has 11 heavy (non-hydrogen) atoms. The van der Waals surface area contributed by atoms with Crippen LogP contribution in [0.2, 0.25) is 0 Å². The highest BCUT2D eigenvalue weighted by atomic mass is 79.9. The van der Waals surface area contributed by atoms with Crippen molar-refractivity contribution in [2.24, 2.45) is 0 Å². The van der Waals surface area contributed by atoms with Gasteiger partial charge in [-0.15, -0.1) is 0 Å². The summed E-state index contributed by atoms with van der Waals surface area (Å²) < 4.78 is 16.3. The fourth-order valence-electron chi connectivity index (χ4n) is 0.705. The van der Waals surface area contributed by atoms with E-state index < -0.39 is 0 Å². The molecule has 0 aliphatic carbocycles. The highest BCUT2D eigenvalue weighted by molar-refractivity contribution is 9.10. The summed E-state index contributed by atoms with van der Waals surface area (Å²) in [4.78, 5) is 0.861. The van der Waals surface area contributed by atoms with Crippen LogP contribution in [0.3, 0.4) is 0 Å². The molecule has 0 atom stereocenters. The predicted molar refractivity (Wildman–Crippen MR) is 49.0 cm³/mol. The Kier molecular flexibility index (Phi) is 3.36. The van der Waals surface area contributed by atoms with Crippen LogP contribution in [0.15, 0.2) is 27.6 Å². The largest absolute Gasteiger partial charge is 0.263 e. The zero-order valence-electron chi connectivity index (χ0n) is 5.90. The Morgan fingerprint density at radius 3 is 2.73 bits per heavy atom. The van der Waals surface area contributed by atoms with Crippen LogP contribution in [0.5, 0.6) is 0 Å². The van der Waals surface area contributed by atoms with Crippen LogP contribution in [-0.2, 0) is 0 Å². The summed E-state index contributed by atoms with van der Waals surface area (Å²) in [5.74, 6) is -0.225. The number of nitrogens with one attached hydrogen (secondary N) is 1. The third kappa shape index (κ3) is 2.81. The van der Waals surface area contributed by atoms with Crippen molar-refractivity contribution in [2.45, 2.75) is 4.90 Å². The van der Waals surface area contributed by atoms with Gasteiger partial charge < -0.3 is 0 Å². The molecule has 1 N–H and O–H groups in total. The summed E-state index contributed by atoms with van der Waals surface area (Å²) in [5, 5.41) is 0. The smallest absolute Gasteiger partial charge is 0.125 e. The van der Waals surface area contributed by atoms with Gasteiger partial charge in [-0.1, -0.05) is 15.9 Å². The summed E-state index contributed by atoms with van der Waals surface area (Å²) in [6, 6.07) is 4.76. The molecule has 1 aromatic rings. The van der Waals surface area contributed by atoms with E-state index in [2.05, 4.69) is 20.7 Å². The van der Waals surface area contributed by atoms with E-state index in [0.717, 1.165) is 9.37 Å². The van der Waals surface area contributed by atoms with Crippen molar-refractivity contribution in [3.8, 4) is 0 Å². The number of hydrogen-bond donors (Lipinski definition) is 1. The van der Waals surface area contributed by atoms with Gasteiger partial charge in [0.05, 0.1) is 0 Å². The minimum Gasteiger partial charge on any atom is -0.263 e. The van der Waals surface area contributed by atoms with Gasteiger partial charge >= 0.3 is 0 Å². The molecule has 0 saturated heterocycles. The van der Waals surface area contributed by atoms with Crippen molar-refractivity contribution >= 4 is 27.9 Å². The SMILES string of the molecule is CNSc1cc(F)cc(Br)c1. The molecule has 0 aliphatic rings. The Balaban J connectivity index is 2.89. The first-order chi connectivity index (χ1) is 5.22. The summed E-state index contributed by atoms with van der Waals surface area (Å²) >= 11 is 4.59. The molecule has 0 bridgehead atoms. The molecule has 0 fully saturated rings. The normalized spacial score (nSPS) is 10.1. The highest BCUT2D eigenvalue weighted by Crippen LogP contribution is 2.21. The van der Waals surface area contributed by atoms with Crippen molar-refractivity contribution in [3.63, 3.8) is 0 Å². The third-order valence-electron chi connectivity index (χ3n) is 1.06. The second-order valence-corrected chi connectivity index (χ2v) is 3.91. The molecule has 1 nitrogen and oxygen atoms in total. The van der Waals surface area contributed by atoms with E-state index in [4.69, 9.17) is 0 Å². The quantitative estimate of drug-likeness (QED) is 0.792. The molecule has 0 spiro atoms. The lowest BCUT2D eigenvalue weighted by molar-refractivity contribution is 0.623.